The third kappa shape index (κ3) is 3.83. The van der Waals surface area contributed by atoms with E-state index >= 15 is 0 Å². The Morgan fingerprint density at radius 2 is 1.37 bits per heavy atom. The summed E-state index contributed by atoms with van der Waals surface area (Å²) in [6.07, 6.45) is 5.66. The Kier molecular flexibility index (Phi) is 5.63. The van der Waals surface area contributed by atoms with Crippen molar-refractivity contribution in [1.29, 1.82) is 0 Å². The minimum absolute atomic E-state index is 0.976. The monoisotopic (exact) mass is 387 g/mol. The van der Waals surface area contributed by atoms with Crippen LogP contribution in [0.5, 0.6) is 0 Å². The second-order valence-corrected chi connectivity index (χ2v) is 7.28. The fraction of sp³-hybridized carbons (Fsp3) is 0.0345. The Bertz CT molecular complexity index is 1210. The van der Waals surface area contributed by atoms with E-state index < -0.39 is 0 Å². The minimum Gasteiger partial charge on any atom is -0.310 e. The topological polar surface area (TPSA) is 3.24 Å². The second-order valence-electron chi connectivity index (χ2n) is 7.28. The highest BCUT2D eigenvalue weighted by Gasteiger charge is 2.15. The molecule has 0 aliphatic carbocycles. The van der Waals surface area contributed by atoms with Gasteiger partial charge in [-0.1, -0.05) is 97.6 Å². The van der Waals surface area contributed by atoms with Gasteiger partial charge in [0, 0.05) is 16.8 Å². The van der Waals surface area contributed by atoms with Crippen LogP contribution >= 0.6 is 0 Å². The molecule has 0 aliphatic heterocycles. The van der Waals surface area contributed by atoms with Crippen molar-refractivity contribution in [3.05, 3.63) is 134 Å². The number of hydrogen-bond acceptors (Lipinski definition) is 1. The fourth-order valence-electron chi connectivity index (χ4n) is 3.73. The van der Waals surface area contributed by atoms with Crippen LogP contribution in [0.25, 0.3) is 21.9 Å². The summed E-state index contributed by atoms with van der Waals surface area (Å²) in [5.41, 5.74) is 6.85. The second kappa shape index (κ2) is 8.67. The molecule has 0 spiro atoms. The smallest absolute Gasteiger partial charge is 0.0540 e. The highest BCUT2D eigenvalue weighted by Crippen LogP contribution is 2.36. The van der Waals surface area contributed by atoms with Gasteiger partial charge in [0.2, 0.25) is 0 Å². The van der Waals surface area contributed by atoms with Crippen molar-refractivity contribution in [2.45, 2.75) is 6.92 Å². The number of fused-ring (bicyclic) bond motifs is 1. The molecule has 4 aromatic carbocycles. The number of nitrogens with zero attached hydrogens (tertiary/aromatic N) is 1. The highest BCUT2D eigenvalue weighted by molar-refractivity contribution is 5.97. The van der Waals surface area contributed by atoms with Gasteiger partial charge in [-0.2, -0.15) is 0 Å². The SMILES string of the molecule is C=C/C=C(\C=C)N(c1ccc(-c2ccc(C)cc2)cc1)c1cccc2ccccc12. The summed E-state index contributed by atoms with van der Waals surface area (Å²) in [7, 11) is 0. The Morgan fingerprint density at radius 3 is 2.03 bits per heavy atom. The third-order valence-corrected chi connectivity index (χ3v) is 5.27. The largest absolute Gasteiger partial charge is 0.310 e. The lowest BCUT2D eigenvalue weighted by Gasteiger charge is -2.27. The van der Waals surface area contributed by atoms with Gasteiger partial charge in [-0.25, -0.2) is 0 Å². The van der Waals surface area contributed by atoms with E-state index in [0.29, 0.717) is 0 Å². The Balaban J connectivity index is 1.84. The predicted molar refractivity (Wildman–Crippen MR) is 131 cm³/mol. The van der Waals surface area contributed by atoms with Crippen molar-refractivity contribution >= 4 is 22.1 Å². The molecular formula is C29H25N. The first-order chi connectivity index (χ1) is 14.7. The molecule has 0 aromatic heterocycles. The van der Waals surface area contributed by atoms with Crippen molar-refractivity contribution < 1.29 is 0 Å². The maximum Gasteiger partial charge on any atom is 0.0540 e. The van der Waals surface area contributed by atoms with E-state index in [1.807, 2.05) is 12.2 Å². The van der Waals surface area contributed by atoms with Crippen LogP contribution in [0.3, 0.4) is 0 Å². The van der Waals surface area contributed by atoms with Gasteiger partial charge in [0.1, 0.15) is 0 Å². The maximum absolute atomic E-state index is 4.05. The van der Waals surface area contributed by atoms with Crippen LogP contribution in [0.2, 0.25) is 0 Å². The van der Waals surface area contributed by atoms with Crippen molar-refractivity contribution in [3.63, 3.8) is 0 Å². The van der Waals surface area contributed by atoms with Gasteiger partial charge >= 0.3 is 0 Å². The van der Waals surface area contributed by atoms with Crippen LogP contribution in [-0.4, -0.2) is 0 Å². The first kappa shape index (κ1) is 19.5. The fourth-order valence-corrected chi connectivity index (χ4v) is 3.73. The lowest BCUT2D eigenvalue weighted by Crippen LogP contribution is -2.15. The Morgan fingerprint density at radius 1 is 0.733 bits per heavy atom. The zero-order chi connectivity index (χ0) is 20.9. The average Bonchev–Trinajstić information content (AvgIpc) is 2.80. The van der Waals surface area contributed by atoms with Crippen molar-refractivity contribution in [2.75, 3.05) is 4.90 Å². The van der Waals surface area contributed by atoms with Crippen molar-refractivity contribution in [2.24, 2.45) is 0 Å². The van der Waals surface area contributed by atoms with E-state index in [1.165, 1.54) is 27.5 Å². The summed E-state index contributed by atoms with van der Waals surface area (Å²) in [6, 6.07) is 32.1. The molecule has 0 unspecified atom stereocenters. The van der Waals surface area contributed by atoms with Crippen LogP contribution in [0.15, 0.2) is 128 Å². The average molecular weight is 388 g/mol. The standard InChI is InChI=1S/C29H25N/c1-4-9-26(5-2)30(29-13-8-11-25-10-6-7-12-28(25)29)27-20-18-24(19-21-27)23-16-14-22(3)15-17-23/h4-21H,1-2H2,3H3/b26-9+. The number of hydrogen-bond donors (Lipinski definition) is 0. The Hall–Kier alpha value is -3.84. The van der Waals surface area contributed by atoms with Gasteiger partial charge in [-0.3, -0.25) is 0 Å². The van der Waals surface area contributed by atoms with Gasteiger partial charge in [0.15, 0.2) is 0 Å². The summed E-state index contributed by atoms with van der Waals surface area (Å²) < 4.78 is 0. The van der Waals surface area contributed by atoms with Crippen LogP contribution in [0.1, 0.15) is 5.56 Å². The lowest BCUT2D eigenvalue weighted by molar-refractivity contribution is 1.22. The molecule has 0 bridgehead atoms. The molecule has 146 valence electrons. The lowest BCUT2D eigenvalue weighted by atomic mass is 10.0. The molecule has 0 atom stereocenters. The van der Waals surface area contributed by atoms with E-state index in [-0.39, 0.29) is 0 Å². The van der Waals surface area contributed by atoms with E-state index in [2.05, 4.69) is 116 Å². The van der Waals surface area contributed by atoms with Crippen LogP contribution in [0.4, 0.5) is 11.4 Å². The van der Waals surface area contributed by atoms with E-state index in [0.717, 1.165) is 17.1 Å². The van der Waals surface area contributed by atoms with Gasteiger partial charge in [0.05, 0.1) is 5.69 Å². The molecule has 4 rings (SSSR count). The quantitative estimate of drug-likeness (QED) is 0.301. The summed E-state index contributed by atoms with van der Waals surface area (Å²) in [4.78, 5) is 2.23. The summed E-state index contributed by atoms with van der Waals surface area (Å²) in [5, 5.41) is 2.40. The molecule has 0 saturated carbocycles. The predicted octanol–water partition coefficient (Wildman–Crippen LogP) is 8.21. The molecule has 0 aliphatic rings. The van der Waals surface area contributed by atoms with Gasteiger partial charge in [-0.15, -0.1) is 0 Å². The van der Waals surface area contributed by atoms with E-state index in [1.54, 1.807) is 6.08 Å². The molecule has 1 heteroatoms. The zero-order valence-corrected chi connectivity index (χ0v) is 17.3. The third-order valence-electron chi connectivity index (χ3n) is 5.27. The van der Waals surface area contributed by atoms with Gasteiger partial charge in [-0.05, 0) is 53.8 Å². The number of rotatable bonds is 6. The van der Waals surface area contributed by atoms with E-state index in [4.69, 9.17) is 0 Å². The molecule has 0 saturated heterocycles. The molecular weight excluding hydrogens is 362 g/mol. The molecule has 0 fully saturated rings. The maximum atomic E-state index is 4.05. The molecule has 4 aromatic rings. The first-order valence-corrected chi connectivity index (χ1v) is 10.1. The van der Waals surface area contributed by atoms with Gasteiger partial charge < -0.3 is 4.90 Å². The number of allylic oxidation sites excluding steroid dienone is 3. The highest BCUT2D eigenvalue weighted by atomic mass is 15.1. The number of benzene rings is 4. The van der Waals surface area contributed by atoms with Crippen molar-refractivity contribution in [3.8, 4) is 11.1 Å². The van der Waals surface area contributed by atoms with Crippen LogP contribution in [0, 0.1) is 6.92 Å². The molecule has 1 nitrogen and oxygen atoms in total. The number of anilines is 2. The number of aryl methyl sites for hydroxylation is 1. The van der Waals surface area contributed by atoms with Gasteiger partial charge in [0.25, 0.3) is 0 Å². The molecule has 0 amide bonds. The summed E-state index contributed by atoms with van der Waals surface area (Å²) in [6.45, 7) is 10.0. The van der Waals surface area contributed by atoms with Crippen LogP contribution in [-0.2, 0) is 0 Å². The summed E-state index contributed by atoms with van der Waals surface area (Å²) in [5.74, 6) is 0. The molecule has 30 heavy (non-hydrogen) atoms. The zero-order valence-electron chi connectivity index (χ0n) is 17.3. The minimum atomic E-state index is 0.976. The molecule has 0 heterocycles. The summed E-state index contributed by atoms with van der Waals surface area (Å²) >= 11 is 0. The molecule has 0 radical (unpaired) electrons. The first-order valence-electron chi connectivity index (χ1n) is 10.1. The Labute approximate surface area is 178 Å². The normalized spacial score (nSPS) is 11.3. The van der Waals surface area contributed by atoms with E-state index in [9.17, 15) is 0 Å². The van der Waals surface area contributed by atoms with Crippen molar-refractivity contribution in [1.82, 2.24) is 0 Å². The van der Waals surface area contributed by atoms with Crippen LogP contribution < -0.4 is 4.90 Å². The molecule has 0 N–H and O–H groups in total.